The summed E-state index contributed by atoms with van der Waals surface area (Å²) in [4.78, 5) is 28.8. The summed E-state index contributed by atoms with van der Waals surface area (Å²) in [5.74, 6) is 0.370. The predicted octanol–water partition coefficient (Wildman–Crippen LogP) is 3.64. The number of ether oxygens (including phenoxy) is 1. The molecule has 2 aromatic rings. The summed E-state index contributed by atoms with van der Waals surface area (Å²) in [7, 11) is 0. The van der Waals surface area contributed by atoms with Gasteiger partial charge in [0.2, 0.25) is 11.8 Å². The number of nitrogens with one attached hydrogen (secondary N) is 2. The molecule has 0 bridgehead atoms. The van der Waals surface area contributed by atoms with Crippen molar-refractivity contribution in [2.24, 2.45) is 4.99 Å². The summed E-state index contributed by atoms with van der Waals surface area (Å²) in [6, 6.07) is 14.9. The molecule has 0 spiro atoms. The second-order valence-corrected chi connectivity index (χ2v) is 7.25. The lowest BCUT2D eigenvalue weighted by Gasteiger charge is -2.08. The Labute approximate surface area is 162 Å². The largest absolute Gasteiger partial charge is 0.494 e. The van der Waals surface area contributed by atoms with Gasteiger partial charge in [-0.15, -0.1) is 0 Å². The summed E-state index contributed by atoms with van der Waals surface area (Å²) >= 11 is 1.27. The maximum absolute atomic E-state index is 12.2. The van der Waals surface area contributed by atoms with E-state index in [1.807, 2.05) is 62.4 Å². The average Bonchev–Trinajstić information content (AvgIpc) is 2.96. The van der Waals surface area contributed by atoms with Crippen molar-refractivity contribution in [3.05, 3.63) is 54.1 Å². The van der Waals surface area contributed by atoms with Gasteiger partial charge in [-0.3, -0.25) is 9.59 Å². The van der Waals surface area contributed by atoms with E-state index in [9.17, 15) is 9.59 Å². The van der Waals surface area contributed by atoms with Gasteiger partial charge in [-0.2, -0.15) is 0 Å². The molecule has 0 saturated carbocycles. The molecular formula is C20H21N3O3S. The van der Waals surface area contributed by atoms with Crippen molar-refractivity contribution in [2.45, 2.75) is 25.5 Å². The first kappa shape index (κ1) is 19.0. The molecule has 1 fully saturated rings. The van der Waals surface area contributed by atoms with Gasteiger partial charge in [-0.1, -0.05) is 23.9 Å². The SMILES string of the molecule is CCOc1ccc(N=C2NC(=O)[C@H](CC(=O)Nc3cccc(C)c3)S2)cc1. The lowest BCUT2D eigenvalue weighted by Crippen LogP contribution is -2.28. The van der Waals surface area contributed by atoms with E-state index in [-0.39, 0.29) is 18.2 Å². The first-order chi connectivity index (χ1) is 13.0. The minimum Gasteiger partial charge on any atom is -0.494 e. The molecule has 1 saturated heterocycles. The fourth-order valence-corrected chi connectivity index (χ4v) is 3.58. The molecule has 6 nitrogen and oxygen atoms in total. The molecule has 0 unspecified atom stereocenters. The summed E-state index contributed by atoms with van der Waals surface area (Å²) in [5.41, 5.74) is 2.50. The highest BCUT2D eigenvalue weighted by molar-refractivity contribution is 8.15. The number of benzene rings is 2. The molecule has 7 heteroatoms. The van der Waals surface area contributed by atoms with Crippen LogP contribution in [0.1, 0.15) is 18.9 Å². The monoisotopic (exact) mass is 383 g/mol. The maximum Gasteiger partial charge on any atom is 0.240 e. The second-order valence-electron chi connectivity index (χ2n) is 6.06. The van der Waals surface area contributed by atoms with Crippen LogP contribution in [0.4, 0.5) is 11.4 Å². The number of amides is 2. The molecule has 2 N–H and O–H groups in total. The van der Waals surface area contributed by atoms with Crippen molar-refractivity contribution in [2.75, 3.05) is 11.9 Å². The Morgan fingerprint density at radius 3 is 2.74 bits per heavy atom. The minimum atomic E-state index is -0.490. The maximum atomic E-state index is 12.2. The Bertz CT molecular complexity index is 865. The smallest absolute Gasteiger partial charge is 0.240 e. The molecule has 1 heterocycles. The van der Waals surface area contributed by atoms with Gasteiger partial charge in [-0.05, 0) is 55.8 Å². The van der Waals surface area contributed by atoms with Gasteiger partial charge in [0.25, 0.3) is 0 Å². The predicted molar refractivity (Wildman–Crippen MR) is 109 cm³/mol. The van der Waals surface area contributed by atoms with Gasteiger partial charge >= 0.3 is 0 Å². The molecule has 0 aliphatic carbocycles. The number of aliphatic imine (C=N–C) groups is 1. The third-order valence-corrected chi connectivity index (χ3v) is 4.91. The van der Waals surface area contributed by atoms with Crippen molar-refractivity contribution < 1.29 is 14.3 Å². The number of hydrogen-bond donors (Lipinski definition) is 2. The normalized spacial score (nSPS) is 17.6. The quantitative estimate of drug-likeness (QED) is 0.798. The van der Waals surface area contributed by atoms with Gasteiger partial charge in [0.15, 0.2) is 5.17 Å². The molecule has 3 rings (SSSR count). The van der Waals surface area contributed by atoms with Crippen LogP contribution in [-0.2, 0) is 9.59 Å². The van der Waals surface area contributed by atoms with Crippen LogP contribution in [0.5, 0.6) is 5.75 Å². The standard InChI is InChI=1S/C20H21N3O3S/c1-3-26-16-9-7-14(8-10-16)22-20-23-19(25)17(27-20)12-18(24)21-15-6-4-5-13(2)11-15/h4-11,17H,3,12H2,1-2H3,(H,21,24)(H,22,23,25)/t17-/m0/s1. The Balaban J connectivity index is 1.58. The van der Waals surface area contributed by atoms with Crippen LogP contribution in [-0.4, -0.2) is 28.8 Å². The zero-order chi connectivity index (χ0) is 19.2. The Kier molecular flexibility index (Phi) is 6.13. The van der Waals surface area contributed by atoms with Crippen LogP contribution in [0.2, 0.25) is 0 Å². The van der Waals surface area contributed by atoms with Crippen molar-refractivity contribution in [1.82, 2.24) is 5.32 Å². The van der Waals surface area contributed by atoms with E-state index in [1.165, 1.54) is 11.8 Å². The van der Waals surface area contributed by atoms with E-state index >= 15 is 0 Å². The van der Waals surface area contributed by atoms with Crippen molar-refractivity contribution in [3.8, 4) is 5.75 Å². The van der Waals surface area contributed by atoms with Gasteiger partial charge in [0.05, 0.1) is 12.3 Å². The second kappa shape index (κ2) is 8.73. The minimum absolute atomic E-state index is 0.0900. The number of carbonyl (C=O) groups excluding carboxylic acids is 2. The third kappa shape index (κ3) is 5.34. The molecule has 1 atom stereocenters. The molecule has 2 amide bonds. The highest BCUT2D eigenvalue weighted by Gasteiger charge is 2.32. The van der Waals surface area contributed by atoms with Gasteiger partial charge < -0.3 is 15.4 Å². The summed E-state index contributed by atoms with van der Waals surface area (Å²) < 4.78 is 5.40. The van der Waals surface area contributed by atoms with Crippen LogP contribution in [0.25, 0.3) is 0 Å². The molecular weight excluding hydrogens is 362 g/mol. The summed E-state index contributed by atoms with van der Waals surface area (Å²) in [6.07, 6.45) is 0.0900. The van der Waals surface area contributed by atoms with Crippen LogP contribution in [0, 0.1) is 6.92 Å². The summed E-state index contributed by atoms with van der Waals surface area (Å²) in [5, 5.41) is 5.57. The first-order valence-electron chi connectivity index (χ1n) is 8.69. The van der Waals surface area contributed by atoms with E-state index in [0.717, 1.165) is 17.0 Å². The zero-order valence-electron chi connectivity index (χ0n) is 15.2. The van der Waals surface area contributed by atoms with E-state index in [2.05, 4.69) is 15.6 Å². The lowest BCUT2D eigenvalue weighted by molar-refractivity contribution is -0.122. The lowest BCUT2D eigenvalue weighted by atomic mass is 10.2. The van der Waals surface area contributed by atoms with E-state index in [0.29, 0.717) is 17.5 Å². The Hall–Kier alpha value is -2.80. The Morgan fingerprint density at radius 1 is 1.26 bits per heavy atom. The highest BCUT2D eigenvalue weighted by atomic mass is 32.2. The van der Waals surface area contributed by atoms with E-state index in [1.54, 1.807) is 0 Å². The fourth-order valence-electron chi connectivity index (χ4n) is 2.60. The van der Waals surface area contributed by atoms with Gasteiger partial charge in [0, 0.05) is 12.1 Å². The van der Waals surface area contributed by atoms with Crippen molar-refractivity contribution in [1.29, 1.82) is 0 Å². The third-order valence-electron chi connectivity index (χ3n) is 3.83. The van der Waals surface area contributed by atoms with Gasteiger partial charge in [-0.25, -0.2) is 4.99 Å². The van der Waals surface area contributed by atoms with E-state index < -0.39 is 5.25 Å². The number of anilines is 1. The number of thioether (sulfide) groups is 1. The number of amidine groups is 1. The molecule has 0 aromatic heterocycles. The van der Waals surface area contributed by atoms with Crippen LogP contribution in [0.15, 0.2) is 53.5 Å². The molecule has 140 valence electrons. The highest BCUT2D eigenvalue weighted by Crippen LogP contribution is 2.26. The molecule has 2 aromatic carbocycles. The average molecular weight is 383 g/mol. The summed E-state index contributed by atoms with van der Waals surface area (Å²) in [6.45, 7) is 4.49. The molecule has 27 heavy (non-hydrogen) atoms. The fraction of sp³-hybridized carbons (Fsp3) is 0.250. The first-order valence-corrected chi connectivity index (χ1v) is 9.57. The van der Waals surface area contributed by atoms with Crippen LogP contribution >= 0.6 is 11.8 Å². The number of aryl methyl sites for hydroxylation is 1. The molecule has 0 radical (unpaired) electrons. The molecule has 1 aliphatic rings. The molecule has 1 aliphatic heterocycles. The van der Waals surface area contributed by atoms with Gasteiger partial charge in [0.1, 0.15) is 11.0 Å². The number of rotatable bonds is 6. The Morgan fingerprint density at radius 2 is 2.04 bits per heavy atom. The van der Waals surface area contributed by atoms with Crippen molar-refractivity contribution in [3.63, 3.8) is 0 Å². The zero-order valence-corrected chi connectivity index (χ0v) is 16.0. The topological polar surface area (TPSA) is 79.8 Å². The van der Waals surface area contributed by atoms with Crippen molar-refractivity contribution >= 4 is 40.1 Å². The van der Waals surface area contributed by atoms with Crippen LogP contribution < -0.4 is 15.4 Å². The number of carbonyl (C=O) groups is 2. The van der Waals surface area contributed by atoms with E-state index in [4.69, 9.17) is 4.74 Å². The number of nitrogens with zero attached hydrogens (tertiary/aromatic N) is 1. The van der Waals surface area contributed by atoms with Crippen LogP contribution in [0.3, 0.4) is 0 Å². The number of hydrogen-bond acceptors (Lipinski definition) is 5.